The van der Waals surface area contributed by atoms with E-state index in [2.05, 4.69) is 4.98 Å². The van der Waals surface area contributed by atoms with Gasteiger partial charge in [-0.1, -0.05) is 6.07 Å². The molecule has 22 heavy (non-hydrogen) atoms. The van der Waals surface area contributed by atoms with E-state index in [-0.39, 0.29) is 6.09 Å². The van der Waals surface area contributed by atoms with Gasteiger partial charge in [-0.05, 0) is 58.1 Å². The predicted octanol–water partition coefficient (Wildman–Crippen LogP) is 3.29. The third-order valence-corrected chi connectivity index (χ3v) is 3.47. The number of pyridine rings is 1. The Morgan fingerprint density at radius 1 is 1.41 bits per heavy atom. The van der Waals surface area contributed by atoms with E-state index < -0.39 is 5.60 Å². The molecule has 0 spiro atoms. The van der Waals surface area contributed by atoms with Gasteiger partial charge >= 0.3 is 6.09 Å². The smallest absolute Gasteiger partial charge is 0.416 e. The van der Waals surface area contributed by atoms with Crippen molar-refractivity contribution < 1.29 is 14.3 Å². The number of amides is 1. The molecule has 0 saturated carbocycles. The molecular formula is C17H24N2O3. The fraction of sp³-hybridized carbons (Fsp3) is 0.588. The number of fused-ring (bicyclic) bond motifs is 1. The van der Waals surface area contributed by atoms with E-state index >= 15 is 0 Å². The highest BCUT2D eigenvalue weighted by atomic mass is 16.6. The van der Waals surface area contributed by atoms with Gasteiger partial charge in [-0.3, -0.25) is 4.90 Å². The van der Waals surface area contributed by atoms with E-state index in [1.54, 1.807) is 4.90 Å². The van der Waals surface area contributed by atoms with E-state index in [9.17, 15) is 9.59 Å². The van der Waals surface area contributed by atoms with Crippen molar-refractivity contribution in [1.82, 2.24) is 4.98 Å². The second-order valence-electron chi connectivity index (χ2n) is 6.58. The van der Waals surface area contributed by atoms with Crippen molar-refractivity contribution in [2.45, 2.75) is 58.5 Å². The molecule has 2 heterocycles. The van der Waals surface area contributed by atoms with Gasteiger partial charge in [0.1, 0.15) is 17.7 Å². The Hall–Kier alpha value is -1.91. The highest BCUT2D eigenvalue weighted by molar-refractivity contribution is 5.88. The second-order valence-corrected chi connectivity index (χ2v) is 6.58. The van der Waals surface area contributed by atoms with E-state index in [4.69, 9.17) is 4.74 Å². The molecule has 5 nitrogen and oxygen atoms in total. The number of aromatic nitrogens is 1. The maximum atomic E-state index is 12.4. The molecule has 2 rings (SSSR count). The zero-order valence-electron chi connectivity index (χ0n) is 13.6. The number of ether oxygens (including phenoxy) is 1. The average Bonchev–Trinajstić information content (AvgIpc) is 2.45. The van der Waals surface area contributed by atoms with E-state index in [1.807, 2.05) is 32.9 Å². The van der Waals surface area contributed by atoms with Gasteiger partial charge < -0.3 is 9.53 Å². The van der Waals surface area contributed by atoms with Gasteiger partial charge in [-0.2, -0.15) is 0 Å². The quantitative estimate of drug-likeness (QED) is 0.632. The van der Waals surface area contributed by atoms with Gasteiger partial charge in [0.15, 0.2) is 0 Å². The average molecular weight is 304 g/mol. The van der Waals surface area contributed by atoms with Crippen LogP contribution >= 0.6 is 0 Å². The first-order valence-electron chi connectivity index (χ1n) is 7.83. The summed E-state index contributed by atoms with van der Waals surface area (Å²) in [5, 5.41) is 0. The Bertz CT molecular complexity index is 549. The maximum Gasteiger partial charge on any atom is 0.416 e. The van der Waals surface area contributed by atoms with Crippen molar-refractivity contribution in [1.29, 1.82) is 0 Å². The first-order valence-corrected chi connectivity index (χ1v) is 7.83. The third-order valence-electron chi connectivity index (χ3n) is 3.47. The zero-order valence-corrected chi connectivity index (χ0v) is 13.6. The van der Waals surface area contributed by atoms with Crippen LogP contribution in [0, 0.1) is 0 Å². The number of anilines is 1. The number of rotatable bonds is 4. The molecule has 5 heteroatoms. The van der Waals surface area contributed by atoms with Crippen molar-refractivity contribution in [3.8, 4) is 0 Å². The minimum atomic E-state index is -0.518. The van der Waals surface area contributed by atoms with Crippen molar-refractivity contribution >= 4 is 18.2 Å². The van der Waals surface area contributed by atoms with Crippen LogP contribution in [-0.4, -0.2) is 29.5 Å². The fourth-order valence-electron chi connectivity index (χ4n) is 2.48. The van der Waals surface area contributed by atoms with E-state index in [0.717, 1.165) is 43.2 Å². The van der Waals surface area contributed by atoms with Crippen molar-refractivity contribution in [3.05, 3.63) is 23.4 Å². The molecule has 0 aliphatic carbocycles. The molecule has 1 amide bonds. The number of hydrogen-bond acceptors (Lipinski definition) is 4. The van der Waals surface area contributed by atoms with Crippen LogP contribution in [0.1, 0.15) is 51.3 Å². The van der Waals surface area contributed by atoms with E-state index in [1.165, 1.54) is 0 Å². The lowest BCUT2D eigenvalue weighted by atomic mass is 10.0. The summed E-state index contributed by atoms with van der Waals surface area (Å²) in [6.07, 6.45) is 4.48. The molecule has 120 valence electrons. The monoisotopic (exact) mass is 304 g/mol. The number of hydrogen-bond donors (Lipinski definition) is 0. The van der Waals surface area contributed by atoms with E-state index in [0.29, 0.717) is 18.8 Å². The van der Waals surface area contributed by atoms with Crippen LogP contribution in [-0.2, 0) is 22.4 Å². The summed E-state index contributed by atoms with van der Waals surface area (Å²) < 4.78 is 5.47. The van der Waals surface area contributed by atoms with Crippen molar-refractivity contribution in [2.24, 2.45) is 0 Å². The summed E-state index contributed by atoms with van der Waals surface area (Å²) in [4.78, 5) is 29.0. The molecule has 0 fully saturated rings. The minimum absolute atomic E-state index is 0.342. The summed E-state index contributed by atoms with van der Waals surface area (Å²) >= 11 is 0. The molecular weight excluding hydrogens is 280 g/mol. The summed E-state index contributed by atoms with van der Waals surface area (Å²) in [6, 6.07) is 4.03. The van der Waals surface area contributed by atoms with Crippen molar-refractivity contribution in [2.75, 3.05) is 11.4 Å². The van der Waals surface area contributed by atoms with Crippen LogP contribution in [0.3, 0.4) is 0 Å². The topological polar surface area (TPSA) is 59.5 Å². The van der Waals surface area contributed by atoms with Crippen LogP contribution in [0.25, 0.3) is 0 Å². The molecule has 0 aromatic carbocycles. The lowest BCUT2D eigenvalue weighted by Crippen LogP contribution is -2.40. The van der Waals surface area contributed by atoms with Gasteiger partial charge in [0, 0.05) is 18.7 Å². The fourth-order valence-corrected chi connectivity index (χ4v) is 2.48. The normalized spacial score (nSPS) is 14.4. The third kappa shape index (κ3) is 4.29. The standard InChI is InChI=1S/C17H24N2O3/c1-17(2,3)22-16(21)19-11-6-7-13-9-10-14(18-15(13)19)8-4-5-12-20/h9-10,12H,4-8,11H2,1-3H3. The molecule has 0 unspecified atom stereocenters. The Balaban J connectivity index is 2.18. The Morgan fingerprint density at radius 3 is 2.86 bits per heavy atom. The molecule has 1 aliphatic rings. The highest BCUT2D eigenvalue weighted by Crippen LogP contribution is 2.27. The molecule has 1 aliphatic heterocycles. The molecule has 0 N–H and O–H groups in total. The van der Waals surface area contributed by atoms with Crippen LogP contribution < -0.4 is 4.90 Å². The molecule has 0 saturated heterocycles. The molecule has 0 bridgehead atoms. The zero-order chi connectivity index (χ0) is 16.2. The number of carbonyl (C=O) groups excluding carboxylic acids is 2. The first kappa shape index (κ1) is 16.5. The highest BCUT2D eigenvalue weighted by Gasteiger charge is 2.28. The number of carbonyl (C=O) groups is 2. The Kier molecular flexibility index (Phi) is 5.16. The lowest BCUT2D eigenvalue weighted by molar-refractivity contribution is -0.107. The van der Waals surface area contributed by atoms with Gasteiger partial charge in [0.25, 0.3) is 0 Å². The molecule has 0 radical (unpaired) electrons. The first-order chi connectivity index (χ1) is 10.4. The number of aldehydes is 1. The van der Waals surface area contributed by atoms with Crippen LogP contribution in [0.5, 0.6) is 0 Å². The number of unbranched alkanes of at least 4 members (excludes halogenated alkanes) is 1. The van der Waals surface area contributed by atoms with Gasteiger partial charge in [0.2, 0.25) is 0 Å². The van der Waals surface area contributed by atoms with Crippen LogP contribution in [0.15, 0.2) is 12.1 Å². The summed E-state index contributed by atoms with van der Waals surface area (Å²) in [7, 11) is 0. The second kappa shape index (κ2) is 6.90. The molecule has 0 atom stereocenters. The summed E-state index contributed by atoms with van der Waals surface area (Å²) in [6.45, 7) is 6.21. The number of nitrogens with zero attached hydrogens (tertiary/aromatic N) is 2. The largest absolute Gasteiger partial charge is 0.443 e. The summed E-state index contributed by atoms with van der Waals surface area (Å²) in [5.74, 6) is 0.712. The SMILES string of the molecule is CC(C)(C)OC(=O)N1CCCc2ccc(CCCC=O)nc21. The minimum Gasteiger partial charge on any atom is -0.443 e. The Morgan fingerprint density at radius 2 is 2.18 bits per heavy atom. The van der Waals surface area contributed by atoms with Crippen LogP contribution in [0.4, 0.5) is 10.6 Å². The lowest BCUT2D eigenvalue weighted by Gasteiger charge is -2.31. The maximum absolute atomic E-state index is 12.4. The van der Waals surface area contributed by atoms with Crippen LogP contribution in [0.2, 0.25) is 0 Å². The number of aryl methyl sites for hydroxylation is 2. The molecule has 1 aromatic heterocycles. The van der Waals surface area contributed by atoms with Gasteiger partial charge in [-0.25, -0.2) is 9.78 Å². The Labute approximate surface area is 131 Å². The summed E-state index contributed by atoms with van der Waals surface area (Å²) in [5.41, 5.74) is 1.48. The van der Waals surface area contributed by atoms with Gasteiger partial charge in [0.05, 0.1) is 0 Å². The predicted molar refractivity (Wildman–Crippen MR) is 85.1 cm³/mol. The van der Waals surface area contributed by atoms with Gasteiger partial charge in [-0.15, -0.1) is 0 Å². The molecule has 1 aromatic rings. The van der Waals surface area contributed by atoms with Crippen molar-refractivity contribution in [3.63, 3.8) is 0 Å².